The van der Waals surface area contributed by atoms with Crippen LogP contribution in [-0.2, 0) is 0 Å². The van der Waals surface area contributed by atoms with Crippen molar-refractivity contribution in [3.8, 4) is 0 Å². The Hall–Kier alpha value is -1.36. The minimum absolute atomic E-state index is 0.00747. The van der Waals surface area contributed by atoms with Crippen LogP contribution in [0.5, 0.6) is 0 Å². The Balaban J connectivity index is 1.59. The highest BCUT2D eigenvalue weighted by molar-refractivity contribution is 5.67. The molecule has 1 aliphatic carbocycles. The van der Waals surface area contributed by atoms with Crippen molar-refractivity contribution < 1.29 is 8.78 Å². The molecule has 0 spiro atoms. The number of likely N-dealkylation sites (tertiary alicyclic amines) is 1. The number of hydrogen-bond donors (Lipinski definition) is 2. The van der Waals surface area contributed by atoms with Crippen LogP contribution in [-0.4, -0.2) is 29.6 Å². The van der Waals surface area contributed by atoms with Crippen molar-refractivity contribution >= 4 is 11.4 Å². The molecular weight excluding hydrogens is 296 g/mol. The van der Waals surface area contributed by atoms with E-state index in [0.29, 0.717) is 11.2 Å². The van der Waals surface area contributed by atoms with Gasteiger partial charge in [0, 0.05) is 30.7 Å². The standard InChI is InChI=1S/C18H27F2N3/c1-18(7-3-2-4-8-18)23-9-5-14(6-10-23)22-16-12-13(19)11-15(20)17(16)21/h11-12,14,22H,2-10,21H2,1H3. The molecule has 0 unspecified atom stereocenters. The molecule has 3 rings (SSSR count). The lowest BCUT2D eigenvalue weighted by molar-refractivity contribution is 0.0458. The Morgan fingerprint density at radius 1 is 1.13 bits per heavy atom. The predicted molar refractivity (Wildman–Crippen MR) is 90.5 cm³/mol. The summed E-state index contributed by atoms with van der Waals surface area (Å²) in [4.78, 5) is 2.61. The van der Waals surface area contributed by atoms with Crippen LogP contribution in [0.1, 0.15) is 51.9 Å². The quantitative estimate of drug-likeness (QED) is 0.821. The average molecular weight is 323 g/mol. The Kier molecular flexibility index (Phi) is 4.76. The summed E-state index contributed by atoms with van der Waals surface area (Å²) in [6.45, 7) is 4.46. The summed E-state index contributed by atoms with van der Waals surface area (Å²) in [6, 6.07) is 2.34. The van der Waals surface area contributed by atoms with Gasteiger partial charge in [-0.25, -0.2) is 8.78 Å². The number of rotatable bonds is 3. The first kappa shape index (κ1) is 16.5. The average Bonchev–Trinajstić information content (AvgIpc) is 2.53. The van der Waals surface area contributed by atoms with Crippen LogP contribution < -0.4 is 11.1 Å². The highest BCUT2D eigenvalue weighted by Crippen LogP contribution is 2.35. The maximum Gasteiger partial charge on any atom is 0.151 e. The third-order valence-electron chi connectivity index (χ3n) is 5.64. The zero-order chi connectivity index (χ0) is 16.4. The number of nitrogens with one attached hydrogen (secondary N) is 1. The van der Waals surface area contributed by atoms with Gasteiger partial charge in [0.05, 0.1) is 11.4 Å². The van der Waals surface area contributed by atoms with E-state index in [0.717, 1.165) is 32.0 Å². The molecule has 1 aliphatic heterocycles. The van der Waals surface area contributed by atoms with Crippen LogP contribution in [0.2, 0.25) is 0 Å². The van der Waals surface area contributed by atoms with Gasteiger partial charge in [-0.3, -0.25) is 4.90 Å². The molecule has 1 saturated carbocycles. The summed E-state index contributed by atoms with van der Waals surface area (Å²) >= 11 is 0. The summed E-state index contributed by atoms with van der Waals surface area (Å²) in [5, 5.41) is 3.24. The van der Waals surface area contributed by atoms with Crippen LogP contribution in [0, 0.1) is 11.6 Å². The van der Waals surface area contributed by atoms with Crippen molar-refractivity contribution in [2.24, 2.45) is 0 Å². The van der Waals surface area contributed by atoms with E-state index < -0.39 is 11.6 Å². The van der Waals surface area contributed by atoms with Gasteiger partial charge >= 0.3 is 0 Å². The van der Waals surface area contributed by atoms with Crippen molar-refractivity contribution in [3.63, 3.8) is 0 Å². The van der Waals surface area contributed by atoms with E-state index in [-0.39, 0.29) is 11.7 Å². The molecule has 1 heterocycles. The topological polar surface area (TPSA) is 41.3 Å². The molecule has 2 aliphatic rings. The molecule has 5 heteroatoms. The van der Waals surface area contributed by atoms with Gasteiger partial charge in [-0.1, -0.05) is 19.3 Å². The molecule has 128 valence electrons. The van der Waals surface area contributed by atoms with Crippen LogP contribution >= 0.6 is 0 Å². The minimum Gasteiger partial charge on any atom is -0.395 e. The van der Waals surface area contributed by atoms with Crippen LogP contribution in [0.25, 0.3) is 0 Å². The van der Waals surface area contributed by atoms with Gasteiger partial charge in [0.25, 0.3) is 0 Å². The second-order valence-corrected chi connectivity index (χ2v) is 7.31. The van der Waals surface area contributed by atoms with E-state index in [1.165, 1.54) is 38.2 Å². The van der Waals surface area contributed by atoms with Crippen molar-refractivity contribution in [1.29, 1.82) is 0 Å². The van der Waals surface area contributed by atoms with Crippen molar-refractivity contribution in [3.05, 3.63) is 23.8 Å². The fraction of sp³-hybridized carbons (Fsp3) is 0.667. The first-order chi connectivity index (χ1) is 11.0. The van der Waals surface area contributed by atoms with E-state index in [9.17, 15) is 8.78 Å². The Morgan fingerprint density at radius 2 is 1.78 bits per heavy atom. The lowest BCUT2D eigenvalue weighted by atomic mass is 9.80. The third kappa shape index (κ3) is 3.60. The fourth-order valence-corrected chi connectivity index (χ4v) is 4.12. The fourth-order valence-electron chi connectivity index (χ4n) is 4.12. The number of anilines is 2. The minimum atomic E-state index is -0.695. The maximum atomic E-state index is 13.5. The van der Waals surface area contributed by atoms with Crippen LogP contribution in [0.3, 0.4) is 0 Å². The zero-order valence-corrected chi connectivity index (χ0v) is 13.9. The molecular formula is C18H27F2N3. The molecule has 1 saturated heterocycles. The molecule has 23 heavy (non-hydrogen) atoms. The second-order valence-electron chi connectivity index (χ2n) is 7.31. The van der Waals surface area contributed by atoms with Gasteiger partial charge in [0.15, 0.2) is 5.82 Å². The van der Waals surface area contributed by atoms with Crippen molar-refractivity contribution in [2.45, 2.75) is 63.5 Å². The van der Waals surface area contributed by atoms with E-state index in [4.69, 9.17) is 5.73 Å². The maximum absolute atomic E-state index is 13.5. The number of piperidine rings is 1. The molecule has 1 aromatic rings. The van der Waals surface area contributed by atoms with Crippen molar-refractivity contribution in [1.82, 2.24) is 4.90 Å². The van der Waals surface area contributed by atoms with Crippen LogP contribution in [0.15, 0.2) is 12.1 Å². The second kappa shape index (κ2) is 6.63. The summed E-state index contributed by atoms with van der Waals surface area (Å²) in [6.07, 6.45) is 8.54. The highest BCUT2D eigenvalue weighted by atomic mass is 19.1. The number of nitrogens with zero attached hydrogens (tertiary/aromatic N) is 1. The zero-order valence-electron chi connectivity index (χ0n) is 13.9. The first-order valence-corrected chi connectivity index (χ1v) is 8.74. The first-order valence-electron chi connectivity index (χ1n) is 8.74. The number of nitrogen functional groups attached to an aromatic ring is 1. The van der Waals surface area contributed by atoms with E-state index >= 15 is 0 Å². The monoisotopic (exact) mass is 323 g/mol. The molecule has 3 nitrogen and oxygen atoms in total. The summed E-state index contributed by atoms with van der Waals surface area (Å²) in [5.74, 6) is -1.29. The lowest BCUT2D eigenvalue weighted by Gasteiger charge is -2.47. The molecule has 0 aromatic heterocycles. The number of nitrogens with two attached hydrogens (primary N) is 1. The summed E-state index contributed by atoms with van der Waals surface area (Å²) < 4.78 is 26.9. The molecule has 0 radical (unpaired) electrons. The largest absolute Gasteiger partial charge is 0.395 e. The Labute approximate surface area is 137 Å². The Bertz CT molecular complexity index is 547. The van der Waals surface area contributed by atoms with E-state index in [1.807, 2.05) is 0 Å². The van der Waals surface area contributed by atoms with E-state index in [2.05, 4.69) is 17.1 Å². The smallest absolute Gasteiger partial charge is 0.151 e. The SMILES string of the molecule is CC1(N2CCC(Nc3cc(F)cc(F)c3N)CC2)CCCCC1. The number of halogens is 2. The van der Waals surface area contributed by atoms with Gasteiger partial charge < -0.3 is 11.1 Å². The predicted octanol–water partition coefficient (Wildman–Crippen LogP) is 4.15. The molecule has 0 amide bonds. The van der Waals surface area contributed by atoms with E-state index in [1.54, 1.807) is 0 Å². The molecule has 0 bridgehead atoms. The van der Waals surface area contributed by atoms with Gasteiger partial charge in [-0.15, -0.1) is 0 Å². The highest BCUT2D eigenvalue weighted by Gasteiger charge is 2.35. The normalized spacial score (nSPS) is 22.9. The van der Waals surface area contributed by atoms with Gasteiger partial charge in [-0.2, -0.15) is 0 Å². The van der Waals surface area contributed by atoms with Gasteiger partial charge in [0.1, 0.15) is 5.82 Å². The summed E-state index contributed by atoms with van der Waals surface area (Å²) in [7, 11) is 0. The summed E-state index contributed by atoms with van der Waals surface area (Å²) in [5.41, 5.74) is 6.45. The van der Waals surface area contributed by atoms with Gasteiger partial charge in [0.2, 0.25) is 0 Å². The molecule has 0 atom stereocenters. The molecule has 2 fully saturated rings. The number of benzene rings is 1. The molecule has 3 N–H and O–H groups in total. The lowest BCUT2D eigenvalue weighted by Crippen LogP contribution is -2.52. The Morgan fingerprint density at radius 3 is 2.43 bits per heavy atom. The van der Waals surface area contributed by atoms with Crippen LogP contribution in [0.4, 0.5) is 20.2 Å². The van der Waals surface area contributed by atoms with Crippen molar-refractivity contribution in [2.75, 3.05) is 24.1 Å². The van der Waals surface area contributed by atoms with Gasteiger partial charge in [-0.05, 0) is 38.7 Å². The molecule has 1 aromatic carbocycles. The number of hydrogen-bond acceptors (Lipinski definition) is 3. The third-order valence-corrected chi connectivity index (χ3v) is 5.64.